The molecule has 0 fully saturated rings. The number of amides is 2. The highest BCUT2D eigenvalue weighted by Gasteiger charge is 2.28. The number of anilines is 2. The fraction of sp³-hybridized carbons (Fsp3) is 0.130. The summed E-state index contributed by atoms with van der Waals surface area (Å²) < 4.78 is 42.1. The lowest BCUT2D eigenvalue weighted by molar-refractivity contribution is -0.117. The van der Waals surface area contributed by atoms with Crippen molar-refractivity contribution < 1.29 is 22.4 Å². The lowest BCUT2D eigenvalue weighted by atomic mass is 10.1. The maximum Gasteiger partial charge on any atom is 0.244 e. The minimum atomic E-state index is -4.34. The highest BCUT2D eigenvalue weighted by atomic mass is 35.5. The second-order valence-electron chi connectivity index (χ2n) is 7.16. The molecule has 1 atom stereocenters. The van der Waals surface area contributed by atoms with Crippen LogP contribution in [0.5, 0.6) is 0 Å². The molecule has 0 aliphatic rings. The Morgan fingerprint density at radius 2 is 1.64 bits per heavy atom. The van der Waals surface area contributed by atoms with Crippen LogP contribution in [0.4, 0.5) is 15.8 Å². The van der Waals surface area contributed by atoms with Crippen molar-refractivity contribution in [3.8, 4) is 0 Å². The molecule has 0 aliphatic heterocycles. The minimum Gasteiger partial charge on any atom is -0.325 e. The van der Waals surface area contributed by atoms with Gasteiger partial charge in [-0.2, -0.15) is 4.72 Å². The van der Waals surface area contributed by atoms with Crippen LogP contribution >= 0.6 is 11.6 Å². The standard InChI is InChI=1S/C23H21ClFN3O4S/c1-15(29)26-20-12-11-17(14-18(20)24)27-23(30)21(13-16-7-3-2-4-8-16)28-33(31,32)22-10-6-5-9-19(22)25/h2-12,14,21,28H,13H2,1H3,(H,26,29)(H,27,30)/t21-/m0/s1. The molecule has 0 aliphatic carbocycles. The highest BCUT2D eigenvalue weighted by Crippen LogP contribution is 2.26. The third-order valence-corrected chi connectivity index (χ3v) is 6.39. The molecule has 7 nitrogen and oxygen atoms in total. The normalized spacial score (nSPS) is 12.1. The lowest BCUT2D eigenvalue weighted by Crippen LogP contribution is -2.45. The van der Waals surface area contributed by atoms with Gasteiger partial charge in [0.15, 0.2) is 0 Å². The summed E-state index contributed by atoms with van der Waals surface area (Å²) in [4.78, 5) is 23.7. The van der Waals surface area contributed by atoms with Crippen LogP contribution in [-0.4, -0.2) is 26.3 Å². The summed E-state index contributed by atoms with van der Waals surface area (Å²) in [6.07, 6.45) is 0.0259. The van der Waals surface area contributed by atoms with Gasteiger partial charge >= 0.3 is 0 Å². The zero-order valence-corrected chi connectivity index (χ0v) is 19.1. The molecule has 0 heterocycles. The van der Waals surface area contributed by atoms with Gasteiger partial charge in [-0.1, -0.05) is 54.1 Å². The monoisotopic (exact) mass is 489 g/mol. The topological polar surface area (TPSA) is 104 Å². The molecule has 33 heavy (non-hydrogen) atoms. The first-order valence-corrected chi connectivity index (χ1v) is 11.7. The van der Waals surface area contributed by atoms with Crippen LogP contribution in [0.1, 0.15) is 12.5 Å². The summed E-state index contributed by atoms with van der Waals surface area (Å²) >= 11 is 6.15. The predicted octanol–water partition coefficient (Wildman–Crippen LogP) is 3.97. The third kappa shape index (κ3) is 6.61. The number of hydrogen-bond acceptors (Lipinski definition) is 4. The Morgan fingerprint density at radius 1 is 0.970 bits per heavy atom. The van der Waals surface area contributed by atoms with Crippen molar-refractivity contribution in [1.82, 2.24) is 4.72 Å². The van der Waals surface area contributed by atoms with E-state index in [1.165, 1.54) is 37.3 Å². The summed E-state index contributed by atoms with van der Waals surface area (Å²) in [7, 11) is -4.34. The molecule has 0 spiro atoms. The zero-order chi connectivity index (χ0) is 24.0. The lowest BCUT2D eigenvalue weighted by Gasteiger charge is -2.19. The van der Waals surface area contributed by atoms with E-state index in [1.807, 2.05) is 0 Å². The van der Waals surface area contributed by atoms with Crippen LogP contribution in [0.2, 0.25) is 5.02 Å². The number of carbonyl (C=O) groups excluding carboxylic acids is 2. The van der Waals surface area contributed by atoms with E-state index in [0.717, 1.165) is 12.1 Å². The SMILES string of the molecule is CC(=O)Nc1ccc(NC(=O)[C@H](Cc2ccccc2)NS(=O)(=O)c2ccccc2F)cc1Cl. The molecule has 172 valence electrons. The molecule has 0 saturated heterocycles. The van der Waals surface area contributed by atoms with Gasteiger partial charge in [-0.05, 0) is 42.3 Å². The van der Waals surface area contributed by atoms with E-state index in [-0.39, 0.29) is 17.4 Å². The molecule has 3 aromatic rings. The summed E-state index contributed by atoms with van der Waals surface area (Å²) in [6, 6.07) is 16.9. The summed E-state index contributed by atoms with van der Waals surface area (Å²) in [5.74, 6) is -1.90. The van der Waals surface area contributed by atoms with Crippen molar-refractivity contribution in [3.05, 3.63) is 89.2 Å². The molecule has 3 aromatic carbocycles. The van der Waals surface area contributed by atoms with Gasteiger partial charge in [-0.3, -0.25) is 9.59 Å². The van der Waals surface area contributed by atoms with Crippen molar-refractivity contribution >= 4 is 44.8 Å². The number of sulfonamides is 1. The van der Waals surface area contributed by atoms with Crippen LogP contribution in [0, 0.1) is 5.82 Å². The predicted molar refractivity (Wildman–Crippen MR) is 125 cm³/mol. The fourth-order valence-electron chi connectivity index (χ4n) is 3.06. The Morgan fingerprint density at radius 3 is 2.27 bits per heavy atom. The summed E-state index contributed by atoms with van der Waals surface area (Å²) in [5, 5.41) is 5.36. The highest BCUT2D eigenvalue weighted by molar-refractivity contribution is 7.89. The Balaban J connectivity index is 1.86. The van der Waals surface area contributed by atoms with Crippen molar-refractivity contribution in [1.29, 1.82) is 0 Å². The smallest absolute Gasteiger partial charge is 0.244 e. The first-order chi connectivity index (χ1) is 15.7. The van der Waals surface area contributed by atoms with Crippen LogP contribution in [-0.2, 0) is 26.0 Å². The maximum atomic E-state index is 14.1. The Kier molecular flexibility index (Phi) is 7.80. The van der Waals surface area contributed by atoms with Gasteiger partial charge in [0.05, 0.1) is 10.7 Å². The van der Waals surface area contributed by atoms with E-state index < -0.39 is 32.7 Å². The summed E-state index contributed by atoms with van der Waals surface area (Å²) in [5.41, 5.74) is 1.36. The van der Waals surface area contributed by atoms with Crippen molar-refractivity contribution in [2.45, 2.75) is 24.3 Å². The van der Waals surface area contributed by atoms with E-state index in [2.05, 4.69) is 15.4 Å². The van der Waals surface area contributed by atoms with Crippen LogP contribution in [0.25, 0.3) is 0 Å². The molecule has 2 amide bonds. The van der Waals surface area contributed by atoms with Gasteiger partial charge in [-0.15, -0.1) is 0 Å². The average Bonchev–Trinajstić information content (AvgIpc) is 2.75. The van der Waals surface area contributed by atoms with Gasteiger partial charge in [0, 0.05) is 12.6 Å². The van der Waals surface area contributed by atoms with E-state index >= 15 is 0 Å². The van der Waals surface area contributed by atoms with E-state index in [4.69, 9.17) is 11.6 Å². The quantitative estimate of drug-likeness (QED) is 0.445. The molecule has 0 bridgehead atoms. The number of carbonyl (C=O) groups is 2. The second-order valence-corrected chi connectivity index (χ2v) is 9.25. The van der Waals surface area contributed by atoms with Gasteiger partial charge in [0.2, 0.25) is 21.8 Å². The van der Waals surface area contributed by atoms with Crippen molar-refractivity contribution in [3.63, 3.8) is 0 Å². The molecule has 0 saturated carbocycles. The Hall–Kier alpha value is -3.27. The van der Waals surface area contributed by atoms with Crippen LogP contribution in [0.3, 0.4) is 0 Å². The van der Waals surface area contributed by atoms with Crippen LogP contribution in [0.15, 0.2) is 77.7 Å². The molecular formula is C23H21ClFN3O4S. The van der Waals surface area contributed by atoms with Crippen molar-refractivity contribution in [2.24, 2.45) is 0 Å². The van der Waals surface area contributed by atoms with Gasteiger partial charge < -0.3 is 10.6 Å². The van der Waals surface area contributed by atoms with E-state index in [0.29, 0.717) is 16.9 Å². The van der Waals surface area contributed by atoms with Crippen molar-refractivity contribution in [2.75, 3.05) is 10.6 Å². The molecule has 0 radical (unpaired) electrons. The van der Waals surface area contributed by atoms with Gasteiger partial charge in [0.25, 0.3) is 0 Å². The Labute approximate surface area is 196 Å². The average molecular weight is 490 g/mol. The van der Waals surface area contributed by atoms with Gasteiger partial charge in [-0.25, -0.2) is 12.8 Å². The summed E-state index contributed by atoms with van der Waals surface area (Å²) in [6.45, 7) is 1.34. The number of benzene rings is 3. The molecule has 0 unspecified atom stereocenters. The Bertz CT molecular complexity index is 1270. The zero-order valence-electron chi connectivity index (χ0n) is 17.5. The third-order valence-electron chi connectivity index (χ3n) is 4.57. The molecule has 3 rings (SSSR count). The number of halogens is 2. The second kappa shape index (κ2) is 10.6. The number of rotatable bonds is 8. The molecule has 3 N–H and O–H groups in total. The largest absolute Gasteiger partial charge is 0.325 e. The number of nitrogens with one attached hydrogen (secondary N) is 3. The van der Waals surface area contributed by atoms with Crippen LogP contribution < -0.4 is 15.4 Å². The van der Waals surface area contributed by atoms with Gasteiger partial charge in [0.1, 0.15) is 16.8 Å². The molecule has 10 heteroatoms. The first kappa shape index (κ1) is 24.4. The maximum absolute atomic E-state index is 14.1. The fourth-order valence-corrected chi connectivity index (χ4v) is 4.57. The molecular weight excluding hydrogens is 469 g/mol. The minimum absolute atomic E-state index is 0.0259. The van der Waals surface area contributed by atoms with E-state index in [9.17, 15) is 22.4 Å². The molecule has 0 aromatic heterocycles. The first-order valence-electron chi connectivity index (χ1n) is 9.84. The number of hydrogen-bond donors (Lipinski definition) is 3. The van der Waals surface area contributed by atoms with E-state index in [1.54, 1.807) is 30.3 Å².